The number of halogens is 2. The minimum Gasteiger partial charge on any atom is -0.469 e. The van der Waals surface area contributed by atoms with Gasteiger partial charge in [0.2, 0.25) is 5.92 Å². The number of ether oxygens (including phenoxy) is 2. The van der Waals surface area contributed by atoms with Crippen LogP contribution in [0.3, 0.4) is 0 Å². The zero-order chi connectivity index (χ0) is 17.4. The van der Waals surface area contributed by atoms with Gasteiger partial charge >= 0.3 is 11.9 Å². The van der Waals surface area contributed by atoms with E-state index >= 15 is 0 Å². The average Bonchev–Trinajstić information content (AvgIpc) is 2.38. The highest BCUT2D eigenvalue weighted by Crippen LogP contribution is 2.29. The van der Waals surface area contributed by atoms with E-state index in [0.29, 0.717) is 0 Å². The van der Waals surface area contributed by atoms with E-state index in [1.165, 1.54) is 13.2 Å². The van der Waals surface area contributed by atoms with Crippen LogP contribution in [-0.4, -0.2) is 30.6 Å². The van der Waals surface area contributed by atoms with Crippen molar-refractivity contribution >= 4 is 11.9 Å². The summed E-state index contributed by atoms with van der Waals surface area (Å²) in [5.41, 5.74) is -0.689. The monoisotopic (exact) mass is 320 g/mol. The van der Waals surface area contributed by atoms with E-state index in [9.17, 15) is 18.4 Å². The molecule has 1 unspecified atom stereocenters. The molecule has 0 aliphatic heterocycles. The van der Waals surface area contributed by atoms with Gasteiger partial charge in [0.1, 0.15) is 5.60 Å². The highest BCUT2D eigenvalue weighted by atomic mass is 19.3. The SMILES string of the molecule is C=CCCC(F)(F)CCC(CC(=O)OC(C)(C)C)C(=O)OC. The van der Waals surface area contributed by atoms with Crippen LogP contribution in [0.5, 0.6) is 0 Å². The maximum absolute atomic E-state index is 13.6. The first-order valence-electron chi connectivity index (χ1n) is 7.29. The van der Waals surface area contributed by atoms with Crippen LogP contribution in [-0.2, 0) is 19.1 Å². The highest BCUT2D eigenvalue weighted by molar-refractivity contribution is 5.80. The predicted octanol–water partition coefficient (Wildman–Crippen LogP) is 3.89. The third-order valence-electron chi connectivity index (χ3n) is 2.94. The summed E-state index contributed by atoms with van der Waals surface area (Å²) < 4.78 is 37.0. The number of allylic oxidation sites excluding steroid dienone is 1. The summed E-state index contributed by atoms with van der Waals surface area (Å²) >= 11 is 0. The smallest absolute Gasteiger partial charge is 0.309 e. The lowest BCUT2D eigenvalue weighted by molar-refractivity contribution is -0.161. The van der Waals surface area contributed by atoms with Gasteiger partial charge in [0.05, 0.1) is 19.4 Å². The molecular formula is C16H26F2O4. The molecule has 0 heterocycles. The Morgan fingerprint density at radius 2 is 1.82 bits per heavy atom. The molecule has 0 aromatic heterocycles. The van der Waals surface area contributed by atoms with E-state index in [2.05, 4.69) is 11.3 Å². The van der Waals surface area contributed by atoms with Crippen LogP contribution in [0, 0.1) is 5.92 Å². The summed E-state index contributed by atoms with van der Waals surface area (Å²) in [6, 6.07) is 0. The first kappa shape index (κ1) is 20.5. The Bertz CT molecular complexity index is 386. The Morgan fingerprint density at radius 1 is 1.23 bits per heavy atom. The quantitative estimate of drug-likeness (QED) is 0.478. The van der Waals surface area contributed by atoms with Gasteiger partial charge in [0.25, 0.3) is 0 Å². The molecule has 22 heavy (non-hydrogen) atoms. The van der Waals surface area contributed by atoms with Crippen molar-refractivity contribution in [2.45, 2.75) is 64.4 Å². The van der Waals surface area contributed by atoms with Crippen molar-refractivity contribution in [3.63, 3.8) is 0 Å². The maximum atomic E-state index is 13.6. The van der Waals surface area contributed by atoms with Crippen LogP contribution in [0.15, 0.2) is 12.7 Å². The lowest BCUT2D eigenvalue weighted by Crippen LogP contribution is -2.29. The predicted molar refractivity (Wildman–Crippen MR) is 79.6 cm³/mol. The second-order valence-corrected chi connectivity index (χ2v) is 6.23. The van der Waals surface area contributed by atoms with E-state index in [1.54, 1.807) is 20.8 Å². The minimum atomic E-state index is -2.89. The van der Waals surface area contributed by atoms with Gasteiger partial charge in [0, 0.05) is 12.8 Å². The lowest BCUT2D eigenvalue weighted by atomic mass is 9.95. The number of esters is 2. The fraction of sp³-hybridized carbons (Fsp3) is 0.750. The van der Waals surface area contributed by atoms with Gasteiger partial charge in [0.15, 0.2) is 0 Å². The van der Waals surface area contributed by atoms with E-state index < -0.39 is 35.8 Å². The number of alkyl halides is 2. The fourth-order valence-corrected chi connectivity index (χ4v) is 1.88. The molecule has 0 radical (unpaired) electrons. The Labute approximate surface area is 130 Å². The zero-order valence-corrected chi connectivity index (χ0v) is 13.8. The van der Waals surface area contributed by atoms with Crippen molar-refractivity contribution in [2.75, 3.05) is 7.11 Å². The normalized spacial score (nSPS) is 13.4. The van der Waals surface area contributed by atoms with Crippen LogP contribution in [0.1, 0.15) is 52.9 Å². The van der Waals surface area contributed by atoms with E-state index in [0.717, 1.165) is 0 Å². The van der Waals surface area contributed by atoms with Crippen molar-refractivity contribution in [1.82, 2.24) is 0 Å². The third-order valence-corrected chi connectivity index (χ3v) is 2.94. The summed E-state index contributed by atoms with van der Waals surface area (Å²) in [5, 5.41) is 0. The molecule has 0 rings (SSSR count). The van der Waals surface area contributed by atoms with Gasteiger partial charge < -0.3 is 9.47 Å². The zero-order valence-electron chi connectivity index (χ0n) is 13.8. The largest absolute Gasteiger partial charge is 0.469 e. The number of hydrogen-bond donors (Lipinski definition) is 0. The summed E-state index contributed by atoms with van der Waals surface area (Å²) in [7, 11) is 1.17. The third kappa shape index (κ3) is 9.47. The molecule has 0 aromatic rings. The van der Waals surface area contributed by atoms with Crippen LogP contribution in [0.25, 0.3) is 0 Å². The topological polar surface area (TPSA) is 52.6 Å². The number of carbonyl (C=O) groups is 2. The van der Waals surface area contributed by atoms with Gasteiger partial charge in [-0.25, -0.2) is 8.78 Å². The molecule has 0 aliphatic carbocycles. The Kier molecular flexibility index (Phi) is 8.27. The summed E-state index contributed by atoms with van der Waals surface area (Å²) in [6.07, 6.45) is 0.423. The Balaban J connectivity index is 4.63. The van der Waals surface area contributed by atoms with Crippen molar-refractivity contribution in [2.24, 2.45) is 5.92 Å². The highest BCUT2D eigenvalue weighted by Gasteiger charge is 2.32. The minimum absolute atomic E-state index is 0.129. The van der Waals surface area contributed by atoms with Gasteiger partial charge in [-0.1, -0.05) is 6.08 Å². The molecule has 4 nitrogen and oxygen atoms in total. The summed E-state index contributed by atoms with van der Waals surface area (Å²) in [6.45, 7) is 8.49. The Hall–Kier alpha value is -1.46. The molecule has 0 amide bonds. The number of rotatable bonds is 9. The van der Waals surface area contributed by atoms with Gasteiger partial charge in [-0.3, -0.25) is 9.59 Å². The molecule has 0 bridgehead atoms. The van der Waals surface area contributed by atoms with Crippen molar-refractivity contribution in [1.29, 1.82) is 0 Å². The van der Waals surface area contributed by atoms with Crippen molar-refractivity contribution in [3.8, 4) is 0 Å². The van der Waals surface area contributed by atoms with Gasteiger partial charge in [-0.15, -0.1) is 6.58 Å². The van der Waals surface area contributed by atoms with Crippen LogP contribution >= 0.6 is 0 Å². The van der Waals surface area contributed by atoms with Crippen LogP contribution in [0.4, 0.5) is 8.78 Å². The molecular weight excluding hydrogens is 294 g/mol. The fourth-order valence-electron chi connectivity index (χ4n) is 1.88. The van der Waals surface area contributed by atoms with Crippen LogP contribution < -0.4 is 0 Å². The Morgan fingerprint density at radius 3 is 2.27 bits per heavy atom. The number of hydrogen-bond acceptors (Lipinski definition) is 4. The second kappa shape index (κ2) is 8.86. The summed E-state index contributed by atoms with van der Waals surface area (Å²) in [5.74, 6) is -5.09. The van der Waals surface area contributed by atoms with Gasteiger partial charge in [-0.05, 0) is 33.6 Å². The summed E-state index contributed by atoms with van der Waals surface area (Å²) in [4.78, 5) is 23.4. The molecule has 0 N–H and O–H groups in total. The molecule has 1 atom stereocenters. The number of methoxy groups -OCH3 is 1. The molecule has 0 saturated carbocycles. The standard InChI is InChI=1S/C16H26F2O4/c1-6-7-9-16(17,18)10-8-12(14(20)21-5)11-13(19)22-15(2,3)4/h6,12H,1,7-11H2,2-5H3. The second-order valence-electron chi connectivity index (χ2n) is 6.23. The van der Waals surface area contributed by atoms with Crippen molar-refractivity contribution in [3.05, 3.63) is 12.7 Å². The molecule has 0 aromatic carbocycles. The first-order valence-corrected chi connectivity index (χ1v) is 7.29. The molecule has 6 heteroatoms. The lowest BCUT2D eigenvalue weighted by Gasteiger charge is -2.22. The maximum Gasteiger partial charge on any atom is 0.309 e. The molecule has 0 aliphatic rings. The average molecular weight is 320 g/mol. The van der Waals surface area contributed by atoms with Crippen molar-refractivity contribution < 1.29 is 27.8 Å². The number of carbonyl (C=O) groups excluding carboxylic acids is 2. The first-order chi connectivity index (χ1) is 10.0. The van der Waals surface area contributed by atoms with E-state index in [-0.39, 0.29) is 25.7 Å². The molecule has 0 fully saturated rings. The van der Waals surface area contributed by atoms with E-state index in [4.69, 9.17) is 4.74 Å². The molecule has 0 spiro atoms. The van der Waals surface area contributed by atoms with E-state index in [1.807, 2.05) is 0 Å². The molecule has 128 valence electrons. The molecule has 0 saturated heterocycles. The van der Waals surface area contributed by atoms with Crippen LogP contribution in [0.2, 0.25) is 0 Å². The van der Waals surface area contributed by atoms with Gasteiger partial charge in [-0.2, -0.15) is 0 Å².